The van der Waals surface area contributed by atoms with Gasteiger partial charge in [0.2, 0.25) is 0 Å². The number of anilines is 1. The molecule has 0 radical (unpaired) electrons. The second kappa shape index (κ2) is 9.01. The van der Waals surface area contributed by atoms with Gasteiger partial charge in [-0.3, -0.25) is 9.59 Å². The fraction of sp³-hybridized carbons (Fsp3) is 0.261. The van der Waals surface area contributed by atoms with Gasteiger partial charge < -0.3 is 10.6 Å². The Morgan fingerprint density at radius 2 is 1.76 bits per heavy atom. The van der Waals surface area contributed by atoms with E-state index in [4.69, 9.17) is 0 Å². The zero-order valence-electron chi connectivity index (χ0n) is 17.1. The van der Waals surface area contributed by atoms with Crippen LogP contribution in [0.1, 0.15) is 27.3 Å². The Morgan fingerprint density at radius 1 is 1.00 bits per heavy atom. The van der Waals surface area contributed by atoms with Crippen molar-refractivity contribution in [1.82, 2.24) is 10.3 Å². The lowest BCUT2D eigenvalue weighted by atomic mass is 10.1. The summed E-state index contributed by atoms with van der Waals surface area (Å²) in [5.41, 5.74) is 5.93. The summed E-state index contributed by atoms with van der Waals surface area (Å²) in [5, 5.41) is 6.35. The molecule has 0 fully saturated rings. The molecule has 2 aromatic carbocycles. The van der Waals surface area contributed by atoms with Crippen LogP contribution in [-0.4, -0.2) is 23.3 Å². The highest BCUT2D eigenvalue weighted by atomic mass is 32.1. The van der Waals surface area contributed by atoms with Gasteiger partial charge in [0.1, 0.15) is 5.01 Å². The van der Waals surface area contributed by atoms with Gasteiger partial charge in [-0.05, 0) is 51.0 Å². The number of amides is 2. The number of benzene rings is 2. The smallest absolute Gasteiger partial charge is 0.313 e. The summed E-state index contributed by atoms with van der Waals surface area (Å²) in [4.78, 5) is 30.1. The molecule has 5 nitrogen and oxygen atoms in total. The Balaban J connectivity index is 1.56. The summed E-state index contributed by atoms with van der Waals surface area (Å²) in [7, 11) is 0. The number of carbonyl (C=O) groups is 2. The number of rotatable bonds is 5. The highest BCUT2D eigenvalue weighted by molar-refractivity contribution is 7.15. The molecule has 1 aromatic heterocycles. The Labute approximate surface area is 175 Å². The van der Waals surface area contributed by atoms with Gasteiger partial charge in [-0.25, -0.2) is 4.98 Å². The van der Waals surface area contributed by atoms with Crippen molar-refractivity contribution in [2.24, 2.45) is 0 Å². The fourth-order valence-corrected chi connectivity index (χ4v) is 4.06. The van der Waals surface area contributed by atoms with E-state index in [0.29, 0.717) is 18.7 Å². The first kappa shape index (κ1) is 20.7. The minimum atomic E-state index is -0.653. The van der Waals surface area contributed by atoms with Gasteiger partial charge in [-0.15, -0.1) is 11.3 Å². The predicted molar refractivity (Wildman–Crippen MR) is 118 cm³/mol. The van der Waals surface area contributed by atoms with Crippen LogP contribution >= 0.6 is 11.3 Å². The number of aromatic nitrogens is 1. The molecule has 0 saturated carbocycles. The van der Waals surface area contributed by atoms with Crippen LogP contribution in [0.5, 0.6) is 0 Å². The molecule has 3 aromatic rings. The lowest BCUT2D eigenvalue weighted by molar-refractivity contribution is -0.136. The second-order valence-electron chi connectivity index (χ2n) is 7.10. The van der Waals surface area contributed by atoms with E-state index in [1.165, 1.54) is 5.56 Å². The van der Waals surface area contributed by atoms with Crippen LogP contribution < -0.4 is 10.6 Å². The van der Waals surface area contributed by atoms with E-state index in [1.54, 1.807) is 17.4 Å². The van der Waals surface area contributed by atoms with Crippen molar-refractivity contribution in [3.8, 4) is 10.6 Å². The summed E-state index contributed by atoms with van der Waals surface area (Å²) < 4.78 is 0. The molecule has 0 aliphatic carbocycles. The van der Waals surface area contributed by atoms with Crippen molar-refractivity contribution in [3.05, 3.63) is 69.7 Å². The molecule has 29 heavy (non-hydrogen) atoms. The van der Waals surface area contributed by atoms with Crippen molar-refractivity contribution in [2.45, 2.75) is 34.1 Å². The van der Waals surface area contributed by atoms with Gasteiger partial charge in [-0.2, -0.15) is 0 Å². The molecular formula is C23H25N3O2S. The Hall–Kier alpha value is -2.99. The van der Waals surface area contributed by atoms with Crippen molar-refractivity contribution in [2.75, 3.05) is 11.9 Å². The van der Waals surface area contributed by atoms with Crippen LogP contribution in [0.4, 0.5) is 5.69 Å². The Bertz CT molecular complexity index is 1060. The fourth-order valence-electron chi connectivity index (χ4n) is 3.00. The number of thiazole rings is 1. The average molecular weight is 408 g/mol. The Morgan fingerprint density at radius 3 is 2.52 bits per heavy atom. The minimum Gasteiger partial charge on any atom is -0.347 e. The van der Waals surface area contributed by atoms with Crippen molar-refractivity contribution in [3.63, 3.8) is 0 Å². The standard InChI is InChI=1S/C23H25N3O2S/c1-14-7-5-9-18(13-14)23-25-17(4)20(29-23)11-12-24-21(27)22(28)26-19-10-6-8-15(2)16(19)3/h5-10,13H,11-12H2,1-4H3,(H,24,27)(H,26,28). The second-order valence-corrected chi connectivity index (χ2v) is 8.19. The van der Waals surface area contributed by atoms with Gasteiger partial charge in [-0.1, -0.05) is 35.9 Å². The van der Waals surface area contributed by atoms with E-state index >= 15 is 0 Å². The van der Waals surface area contributed by atoms with E-state index in [2.05, 4.69) is 40.7 Å². The van der Waals surface area contributed by atoms with Crippen molar-refractivity contribution < 1.29 is 9.59 Å². The summed E-state index contributed by atoms with van der Waals surface area (Å²) in [6, 6.07) is 13.9. The highest BCUT2D eigenvalue weighted by Gasteiger charge is 2.15. The van der Waals surface area contributed by atoms with E-state index in [9.17, 15) is 9.59 Å². The van der Waals surface area contributed by atoms with Crippen LogP contribution in [0, 0.1) is 27.7 Å². The van der Waals surface area contributed by atoms with Gasteiger partial charge in [0.15, 0.2) is 0 Å². The predicted octanol–water partition coefficient (Wildman–Crippen LogP) is 4.34. The van der Waals surface area contributed by atoms with E-state index in [0.717, 1.165) is 32.3 Å². The molecule has 0 aliphatic rings. The maximum absolute atomic E-state index is 12.2. The zero-order chi connectivity index (χ0) is 21.0. The van der Waals surface area contributed by atoms with Gasteiger partial charge in [0, 0.05) is 29.1 Å². The molecule has 6 heteroatoms. The number of nitrogens with zero attached hydrogens (tertiary/aromatic N) is 1. The zero-order valence-corrected chi connectivity index (χ0v) is 17.9. The molecule has 2 amide bonds. The van der Waals surface area contributed by atoms with Crippen molar-refractivity contribution in [1.29, 1.82) is 0 Å². The van der Waals surface area contributed by atoms with Gasteiger partial charge in [0.25, 0.3) is 0 Å². The van der Waals surface area contributed by atoms with Gasteiger partial charge >= 0.3 is 11.8 Å². The van der Waals surface area contributed by atoms with E-state index in [1.807, 2.05) is 39.0 Å². The van der Waals surface area contributed by atoms with E-state index < -0.39 is 11.8 Å². The summed E-state index contributed by atoms with van der Waals surface area (Å²) in [6.45, 7) is 8.30. The number of aryl methyl sites for hydroxylation is 3. The lowest BCUT2D eigenvalue weighted by Crippen LogP contribution is -2.36. The lowest BCUT2D eigenvalue weighted by Gasteiger charge is -2.10. The molecule has 3 rings (SSSR count). The molecule has 0 aliphatic heterocycles. The largest absolute Gasteiger partial charge is 0.347 e. The highest BCUT2D eigenvalue weighted by Crippen LogP contribution is 2.28. The normalized spacial score (nSPS) is 10.6. The number of hydrogen-bond acceptors (Lipinski definition) is 4. The molecule has 1 heterocycles. The number of nitrogens with one attached hydrogen (secondary N) is 2. The molecule has 150 valence electrons. The summed E-state index contributed by atoms with van der Waals surface area (Å²) in [6.07, 6.45) is 0.637. The first-order chi connectivity index (χ1) is 13.8. The molecule has 0 bridgehead atoms. The van der Waals surface area contributed by atoms with Crippen LogP contribution in [0.25, 0.3) is 10.6 Å². The molecule has 2 N–H and O–H groups in total. The van der Waals surface area contributed by atoms with Crippen LogP contribution in [-0.2, 0) is 16.0 Å². The monoisotopic (exact) mass is 407 g/mol. The molecular weight excluding hydrogens is 382 g/mol. The van der Waals surface area contributed by atoms with Gasteiger partial charge in [0.05, 0.1) is 5.69 Å². The third kappa shape index (κ3) is 5.09. The summed E-state index contributed by atoms with van der Waals surface area (Å²) >= 11 is 1.62. The summed E-state index contributed by atoms with van der Waals surface area (Å²) in [5.74, 6) is -1.29. The molecule has 0 saturated heterocycles. The first-order valence-electron chi connectivity index (χ1n) is 9.54. The maximum Gasteiger partial charge on any atom is 0.313 e. The molecule has 0 atom stereocenters. The van der Waals surface area contributed by atoms with E-state index in [-0.39, 0.29) is 0 Å². The number of carbonyl (C=O) groups excluding carboxylic acids is 2. The number of hydrogen-bond donors (Lipinski definition) is 2. The molecule has 0 unspecified atom stereocenters. The van der Waals surface area contributed by atoms with Crippen LogP contribution in [0.15, 0.2) is 42.5 Å². The molecule has 0 spiro atoms. The average Bonchev–Trinajstić information content (AvgIpc) is 3.06. The maximum atomic E-state index is 12.2. The van der Waals surface area contributed by atoms with Crippen molar-refractivity contribution >= 4 is 28.8 Å². The minimum absolute atomic E-state index is 0.384. The third-order valence-electron chi connectivity index (χ3n) is 4.85. The third-order valence-corrected chi connectivity index (χ3v) is 6.12. The van der Waals surface area contributed by atoms with Crippen LogP contribution in [0.2, 0.25) is 0 Å². The Kier molecular flexibility index (Phi) is 6.44. The SMILES string of the molecule is Cc1cccc(-c2nc(C)c(CCNC(=O)C(=O)Nc3cccc(C)c3C)s2)c1. The topological polar surface area (TPSA) is 71.1 Å². The first-order valence-corrected chi connectivity index (χ1v) is 10.4. The quantitative estimate of drug-likeness (QED) is 0.618. The van der Waals surface area contributed by atoms with Crippen LogP contribution in [0.3, 0.4) is 0 Å².